The lowest BCUT2D eigenvalue weighted by atomic mass is 10.1. The molecule has 0 radical (unpaired) electrons. The average molecular weight is 278 g/mol. The molecule has 0 saturated heterocycles. The maximum absolute atomic E-state index is 5.29. The summed E-state index contributed by atoms with van der Waals surface area (Å²) in [6.07, 6.45) is 3.72. The summed E-state index contributed by atoms with van der Waals surface area (Å²) in [6, 6.07) is 16.6. The maximum atomic E-state index is 5.29. The molecule has 0 saturated carbocycles. The van der Waals surface area contributed by atoms with Gasteiger partial charge in [-0.25, -0.2) is 0 Å². The number of ether oxygens (including phenoxy) is 1. The molecule has 3 aromatic rings. The topological polar surface area (TPSA) is 34.1 Å². The zero-order chi connectivity index (χ0) is 14.7. The first-order chi connectivity index (χ1) is 10.3. The zero-order valence-electron chi connectivity index (χ0n) is 12.2. The van der Waals surface area contributed by atoms with Crippen LogP contribution in [0.1, 0.15) is 18.5 Å². The lowest BCUT2D eigenvalue weighted by Crippen LogP contribution is -2.07. The lowest BCUT2D eigenvalue weighted by Gasteiger charge is -2.17. The van der Waals surface area contributed by atoms with E-state index in [0.717, 1.165) is 16.8 Å². The quantitative estimate of drug-likeness (QED) is 0.767. The van der Waals surface area contributed by atoms with E-state index in [1.165, 1.54) is 10.9 Å². The Balaban J connectivity index is 1.90. The van der Waals surface area contributed by atoms with Crippen LogP contribution in [0.25, 0.3) is 10.8 Å². The standard InChI is InChI=1S/C18H18N2O/c1-13(15-6-3-7-16(11-15)21-2)20-18-8-4-5-14-9-10-19-12-17(14)18/h3-13,20H,1-2H3. The lowest BCUT2D eigenvalue weighted by molar-refractivity contribution is 0.414. The van der Waals surface area contributed by atoms with E-state index in [-0.39, 0.29) is 6.04 Å². The third-order valence-corrected chi connectivity index (χ3v) is 3.65. The van der Waals surface area contributed by atoms with Crippen molar-refractivity contribution in [1.82, 2.24) is 4.98 Å². The number of fused-ring (bicyclic) bond motifs is 1. The molecular formula is C18H18N2O. The highest BCUT2D eigenvalue weighted by Crippen LogP contribution is 2.27. The van der Waals surface area contributed by atoms with Gasteiger partial charge in [-0.15, -0.1) is 0 Å². The Morgan fingerprint density at radius 2 is 1.95 bits per heavy atom. The molecule has 0 fully saturated rings. The molecule has 1 N–H and O–H groups in total. The molecule has 0 spiro atoms. The van der Waals surface area contributed by atoms with Crippen LogP contribution in [-0.2, 0) is 0 Å². The zero-order valence-corrected chi connectivity index (χ0v) is 12.2. The van der Waals surface area contributed by atoms with Crippen LogP contribution in [-0.4, -0.2) is 12.1 Å². The van der Waals surface area contributed by atoms with E-state index in [1.54, 1.807) is 7.11 Å². The Kier molecular flexibility index (Phi) is 3.73. The molecule has 0 amide bonds. The summed E-state index contributed by atoms with van der Waals surface area (Å²) in [6.45, 7) is 2.14. The van der Waals surface area contributed by atoms with Gasteiger partial charge >= 0.3 is 0 Å². The molecule has 1 aromatic heterocycles. The number of benzene rings is 2. The van der Waals surface area contributed by atoms with Crippen LogP contribution in [0.4, 0.5) is 5.69 Å². The predicted octanol–water partition coefficient (Wildman–Crippen LogP) is 4.42. The van der Waals surface area contributed by atoms with Crippen molar-refractivity contribution in [2.45, 2.75) is 13.0 Å². The maximum Gasteiger partial charge on any atom is 0.119 e. The van der Waals surface area contributed by atoms with Crippen molar-refractivity contribution in [3.05, 3.63) is 66.5 Å². The van der Waals surface area contributed by atoms with Gasteiger partial charge in [-0.1, -0.05) is 24.3 Å². The van der Waals surface area contributed by atoms with Gasteiger partial charge < -0.3 is 10.1 Å². The van der Waals surface area contributed by atoms with Crippen molar-refractivity contribution in [2.24, 2.45) is 0 Å². The molecule has 3 heteroatoms. The predicted molar refractivity (Wildman–Crippen MR) is 86.8 cm³/mol. The minimum Gasteiger partial charge on any atom is -0.497 e. The van der Waals surface area contributed by atoms with E-state index in [9.17, 15) is 0 Å². The summed E-state index contributed by atoms with van der Waals surface area (Å²) in [7, 11) is 1.69. The van der Waals surface area contributed by atoms with Crippen LogP contribution in [0, 0.1) is 0 Å². The van der Waals surface area contributed by atoms with Gasteiger partial charge in [0.05, 0.1) is 7.11 Å². The minimum atomic E-state index is 0.186. The Morgan fingerprint density at radius 1 is 1.10 bits per heavy atom. The first kappa shape index (κ1) is 13.4. The van der Waals surface area contributed by atoms with Crippen molar-refractivity contribution in [3.8, 4) is 5.75 Å². The molecular weight excluding hydrogens is 260 g/mol. The largest absolute Gasteiger partial charge is 0.497 e. The molecule has 0 bridgehead atoms. The fourth-order valence-corrected chi connectivity index (χ4v) is 2.47. The number of rotatable bonds is 4. The van der Waals surface area contributed by atoms with Crippen LogP contribution in [0.2, 0.25) is 0 Å². The molecule has 3 nitrogen and oxygen atoms in total. The van der Waals surface area contributed by atoms with E-state index in [2.05, 4.69) is 47.6 Å². The molecule has 0 aliphatic carbocycles. The number of nitrogens with one attached hydrogen (secondary N) is 1. The summed E-state index contributed by atoms with van der Waals surface area (Å²) >= 11 is 0. The highest BCUT2D eigenvalue weighted by atomic mass is 16.5. The molecule has 1 atom stereocenters. The van der Waals surface area contributed by atoms with Crippen molar-refractivity contribution < 1.29 is 4.74 Å². The SMILES string of the molecule is COc1cccc(C(C)Nc2cccc3ccncc23)c1. The van der Waals surface area contributed by atoms with Gasteiger partial charge in [-0.2, -0.15) is 0 Å². The van der Waals surface area contributed by atoms with Crippen molar-refractivity contribution in [1.29, 1.82) is 0 Å². The second-order valence-electron chi connectivity index (χ2n) is 5.05. The third-order valence-electron chi connectivity index (χ3n) is 3.65. The Morgan fingerprint density at radius 3 is 2.81 bits per heavy atom. The molecule has 21 heavy (non-hydrogen) atoms. The number of nitrogens with zero attached hydrogens (tertiary/aromatic N) is 1. The van der Waals surface area contributed by atoms with Gasteiger partial charge in [-0.3, -0.25) is 4.98 Å². The van der Waals surface area contributed by atoms with Gasteiger partial charge in [0, 0.05) is 29.5 Å². The summed E-state index contributed by atoms with van der Waals surface area (Å²) < 4.78 is 5.29. The Hall–Kier alpha value is -2.55. The molecule has 0 aliphatic rings. The second-order valence-corrected chi connectivity index (χ2v) is 5.05. The molecule has 106 valence electrons. The molecule has 1 unspecified atom stereocenters. The number of hydrogen-bond donors (Lipinski definition) is 1. The number of methoxy groups -OCH3 is 1. The van der Waals surface area contributed by atoms with E-state index in [4.69, 9.17) is 4.74 Å². The second kappa shape index (κ2) is 5.83. The molecule has 3 rings (SSSR count). The van der Waals surface area contributed by atoms with Crippen LogP contribution >= 0.6 is 0 Å². The summed E-state index contributed by atoms with van der Waals surface area (Å²) in [5.74, 6) is 0.876. The first-order valence-corrected chi connectivity index (χ1v) is 7.01. The van der Waals surface area contributed by atoms with Crippen LogP contribution in [0.15, 0.2) is 60.9 Å². The fraction of sp³-hybridized carbons (Fsp3) is 0.167. The van der Waals surface area contributed by atoms with Crippen molar-refractivity contribution >= 4 is 16.5 Å². The average Bonchev–Trinajstić information content (AvgIpc) is 2.55. The van der Waals surface area contributed by atoms with E-state index >= 15 is 0 Å². The van der Waals surface area contributed by atoms with Crippen LogP contribution in [0.5, 0.6) is 5.75 Å². The van der Waals surface area contributed by atoms with Crippen LogP contribution < -0.4 is 10.1 Å². The summed E-state index contributed by atoms with van der Waals surface area (Å²) in [5, 5.41) is 5.88. The highest BCUT2D eigenvalue weighted by molar-refractivity contribution is 5.93. The monoisotopic (exact) mass is 278 g/mol. The molecule has 1 heterocycles. The molecule has 0 aliphatic heterocycles. The van der Waals surface area contributed by atoms with Crippen LogP contribution in [0.3, 0.4) is 0 Å². The Labute approximate surface area is 124 Å². The summed E-state index contributed by atoms with van der Waals surface area (Å²) in [5.41, 5.74) is 2.28. The van der Waals surface area contributed by atoms with Crippen molar-refractivity contribution in [3.63, 3.8) is 0 Å². The fourth-order valence-electron chi connectivity index (χ4n) is 2.47. The number of pyridine rings is 1. The van der Waals surface area contributed by atoms with Gasteiger partial charge in [0.1, 0.15) is 5.75 Å². The molecule has 2 aromatic carbocycles. The van der Waals surface area contributed by atoms with E-state index < -0.39 is 0 Å². The summed E-state index contributed by atoms with van der Waals surface area (Å²) in [4.78, 5) is 4.22. The highest BCUT2D eigenvalue weighted by Gasteiger charge is 2.08. The Bertz CT molecular complexity index is 750. The minimum absolute atomic E-state index is 0.186. The normalized spacial score (nSPS) is 12.1. The number of anilines is 1. The van der Waals surface area contributed by atoms with Gasteiger partial charge in [0.25, 0.3) is 0 Å². The van der Waals surface area contributed by atoms with Gasteiger partial charge in [0.2, 0.25) is 0 Å². The smallest absolute Gasteiger partial charge is 0.119 e. The van der Waals surface area contributed by atoms with Gasteiger partial charge in [0.15, 0.2) is 0 Å². The first-order valence-electron chi connectivity index (χ1n) is 7.01. The number of hydrogen-bond acceptors (Lipinski definition) is 3. The van der Waals surface area contributed by atoms with E-state index in [1.807, 2.05) is 30.6 Å². The van der Waals surface area contributed by atoms with E-state index in [0.29, 0.717) is 0 Å². The van der Waals surface area contributed by atoms with Crippen molar-refractivity contribution in [2.75, 3.05) is 12.4 Å². The third kappa shape index (κ3) is 2.82. The number of aromatic nitrogens is 1. The van der Waals surface area contributed by atoms with Gasteiger partial charge in [-0.05, 0) is 42.1 Å².